The number of benzene rings is 1. The molecule has 0 amide bonds. The molecule has 0 bridgehead atoms. The number of nitrogens with zero attached hydrogens (tertiary/aromatic N) is 2. The molecule has 2 N–H and O–H groups in total. The quantitative estimate of drug-likeness (QED) is 0.503. The van der Waals surface area contributed by atoms with Gasteiger partial charge in [0, 0.05) is 6.07 Å². The molecule has 0 unspecified atom stereocenters. The monoisotopic (exact) mass is 323 g/mol. The molecule has 112 valence electrons. The predicted molar refractivity (Wildman–Crippen MR) is 62.4 cm³/mol. The molecule has 1 aromatic heterocycles. The van der Waals surface area contributed by atoms with Gasteiger partial charge in [-0.1, -0.05) is 11.8 Å². The van der Waals surface area contributed by atoms with Crippen molar-refractivity contribution in [3.63, 3.8) is 0 Å². The number of nitrogens with one attached hydrogen (secondary N) is 1. The Balaban J connectivity index is 2.65. The van der Waals surface area contributed by atoms with Crippen LogP contribution in [0.2, 0.25) is 0 Å². The van der Waals surface area contributed by atoms with E-state index < -0.39 is 51.5 Å². The first kappa shape index (κ1) is 15.1. The number of rotatable bonds is 4. The van der Waals surface area contributed by atoms with Crippen LogP contribution in [0.3, 0.4) is 0 Å². The van der Waals surface area contributed by atoms with E-state index in [9.17, 15) is 27.2 Å². The van der Waals surface area contributed by atoms with E-state index in [1.54, 1.807) is 0 Å². The maximum atomic E-state index is 13.7. The second kappa shape index (κ2) is 5.60. The zero-order chi connectivity index (χ0) is 15.7. The van der Waals surface area contributed by atoms with Crippen molar-refractivity contribution in [1.29, 1.82) is 0 Å². The molecule has 0 aliphatic carbocycles. The maximum absolute atomic E-state index is 13.7. The molecule has 0 aliphatic rings. The SMILES string of the molecule is O=C(O)CSc1n[nH]c(=O)n1-c1c(F)c(F)cc(F)c1F. The van der Waals surface area contributed by atoms with Gasteiger partial charge < -0.3 is 5.11 Å². The molecule has 0 atom stereocenters. The number of carboxylic acid groups (broad SMARTS) is 1. The highest BCUT2D eigenvalue weighted by molar-refractivity contribution is 7.99. The van der Waals surface area contributed by atoms with E-state index in [1.165, 1.54) is 0 Å². The van der Waals surface area contributed by atoms with Crippen molar-refractivity contribution in [3.05, 3.63) is 39.8 Å². The smallest absolute Gasteiger partial charge is 0.348 e. The highest BCUT2D eigenvalue weighted by Crippen LogP contribution is 2.25. The standard InChI is InChI=1S/C10H5F4N3O3S/c11-3-1-4(12)7(14)8(6(3)13)17-9(20)15-16-10(17)21-2-5(18)19/h1H,2H2,(H,15,20)(H,18,19). The van der Waals surface area contributed by atoms with Crippen molar-refractivity contribution < 1.29 is 27.5 Å². The molecule has 0 spiro atoms. The average Bonchev–Trinajstić information content (AvgIpc) is 2.76. The van der Waals surface area contributed by atoms with Crippen molar-refractivity contribution in [1.82, 2.24) is 14.8 Å². The van der Waals surface area contributed by atoms with Gasteiger partial charge in [-0.2, -0.15) is 0 Å². The summed E-state index contributed by atoms with van der Waals surface area (Å²) in [6, 6.07) is -0.0106. The molecule has 0 aliphatic heterocycles. The Bertz CT molecular complexity index is 747. The van der Waals surface area contributed by atoms with Crippen LogP contribution in [0.15, 0.2) is 16.0 Å². The van der Waals surface area contributed by atoms with E-state index in [1.807, 2.05) is 5.10 Å². The van der Waals surface area contributed by atoms with Crippen LogP contribution in [0.5, 0.6) is 0 Å². The summed E-state index contributed by atoms with van der Waals surface area (Å²) in [5.41, 5.74) is -2.48. The third kappa shape index (κ3) is 2.77. The lowest BCUT2D eigenvalue weighted by Crippen LogP contribution is -2.20. The summed E-state index contributed by atoms with van der Waals surface area (Å²) in [4.78, 5) is 22.0. The number of carboxylic acids is 1. The maximum Gasteiger partial charge on any atom is 0.348 e. The molecule has 21 heavy (non-hydrogen) atoms. The zero-order valence-corrected chi connectivity index (χ0v) is 10.7. The van der Waals surface area contributed by atoms with E-state index >= 15 is 0 Å². The minimum atomic E-state index is -1.80. The molecule has 0 fully saturated rings. The third-order valence-electron chi connectivity index (χ3n) is 2.28. The largest absolute Gasteiger partial charge is 0.481 e. The van der Waals surface area contributed by atoms with Gasteiger partial charge >= 0.3 is 11.7 Å². The number of thioether (sulfide) groups is 1. The van der Waals surface area contributed by atoms with Gasteiger partial charge in [0.25, 0.3) is 0 Å². The number of aliphatic carboxylic acids is 1. The van der Waals surface area contributed by atoms with Crippen molar-refractivity contribution in [3.8, 4) is 5.69 Å². The van der Waals surface area contributed by atoms with Crippen LogP contribution in [-0.4, -0.2) is 31.6 Å². The number of hydrogen-bond acceptors (Lipinski definition) is 4. The van der Waals surface area contributed by atoms with Crippen LogP contribution < -0.4 is 5.69 Å². The van der Waals surface area contributed by atoms with Crippen LogP contribution >= 0.6 is 11.8 Å². The van der Waals surface area contributed by atoms with Crippen molar-refractivity contribution >= 4 is 17.7 Å². The summed E-state index contributed by atoms with van der Waals surface area (Å²) in [6.45, 7) is 0. The van der Waals surface area contributed by atoms with Gasteiger partial charge in [-0.05, 0) is 0 Å². The Labute approximate surface area is 117 Å². The van der Waals surface area contributed by atoms with Crippen LogP contribution in [0.25, 0.3) is 5.69 Å². The van der Waals surface area contributed by atoms with Crippen molar-refractivity contribution in [2.24, 2.45) is 0 Å². The van der Waals surface area contributed by atoms with Gasteiger partial charge in [-0.25, -0.2) is 32.0 Å². The average molecular weight is 323 g/mol. The molecule has 1 aromatic carbocycles. The number of halogens is 4. The van der Waals surface area contributed by atoms with Crippen molar-refractivity contribution in [2.45, 2.75) is 5.16 Å². The summed E-state index contributed by atoms with van der Waals surface area (Å²) in [7, 11) is 0. The number of carbonyl (C=O) groups is 1. The highest BCUT2D eigenvalue weighted by Gasteiger charge is 2.25. The Kier molecular flexibility index (Phi) is 4.02. The zero-order valence-electron chi connectivity index (χ0n) is 9.86. The van der Waals surface area contributed by atoms with Gasteiger partial charge in [0.05, 0.1) is 5.75 Å². The van der Waals surface area contributed by atoms with Gasteiger partial charge in [0.1, 0.15) is 5.69 Å². The third-order valence-corrected chi connectivity index (χ3v) is 3.20. The lowest BCUT2D eigenvalue weighted by atomic mass is 10.2. The molecule has 11 heteroatoms. The second-order valence-electron chi connectivity index (χ2n) is 3.65. The van der Waals surface area contributed by atoms with E-state index in [-0.39, 0.29) is 10.6 Å². The number of hydrogen-bond donors (Lipinski definition) is 2. The predicted octanol–water partition coefficient (Wildman–Crippen LogP) is 1.29. The number of aromatic nitrogens is 3. The fourth-order valence-corrected chi connectivity index (χ4v) is 2.13. The fourth-order valence-electron chi connectivity index (χ4n) is 1.46. The molecule has 6 nitrogen and oxygen atoms in total. The van der Waals surface area contributed by atoms with Gasteiger partial charge in [-0.15, -0.1) is 5.10 Å². The Hall–Kier alpha value is -2.30. The topological polar surface area (TPSA) is 88.0 Å². The lowest BCUT2D eigenvalue weighted by molar-refractivity contribution is -0.133. The van der Waals surface area contributed by atoms with Crippen LogP contribution in [0, 0.1) is 23.3 Å². The number of H-pyrrole nitrogens is 1. The van der Waals surface area contributed by atoms with Crippen LogP contribution in [0.1, 0.15) is 0 Å². The summed E-state index contributed by atoms with van der Waals surface area (Å²) in [6.07, 6.45) is 0. The first-order chi connectivity index (χ1) is 9.82. The molecule has 1 heterocycles. The van der Waals surface area contributed by atoms with E-state index in [0.29, 0.717) is 11.8 Å². The van der Waals surface area contributed by atoms with E-state index in [2.05, 4.69) is 5.10 Å². The summed E-state index contributed by atoms with van der Waals surface area (Å²) >= 11 is 0.443. The minimum Gasteiger partial charge on any atom is -0.481 e. The molecule has 2 aromatic rings. The lowest BCUT2D eigenvalue weighted by Gasteiger charge is -2.08. The molecule has 0 saturated carbocycles. The highest BCUT2D eigenvalue weighted by atomic mass is 32.2. The van der Waals surface area contributed by atoms with E-state index in [0.717, 1.165) is 0 Å². The van der Waals surface area contributed by atoms with Gasteiger partial charge in [-0.3, -0.25) is 4.79 Å². The normalized spacial score (nSPS) is 10.9. The molecular weight excluding hydrogens is 318 g/mol. The Morgan fingerprint density at radius 2 is 1.86 bits per heavy atom. The Morgan fingerprint density at radius 1 is 1.29 bits per heavy atom. The second-order valence-corrected chi connectivity index (χ2v) is 4.59. The van der Waals surface area contributed by atoms with Crippen molar-refractivity contribution in [2.75, 3.05) is 5.75 Å². The molecule has 2 rings (SSSR count). The van der Waals surface area contributed by atoms with Crippen LogP contribution in [0.4, 0.5) is 17.6 Å². The molecule has 0 radical (unpaired) electrons. The summed E-state index contributed by atoms with van der Waals surface area (Å²) in [5, 5.41) is 13.2. The van der Waals surface area contributed by atoms with Gasteiger partial charge in [0.2, 0.25) is 0 Å². The minimum absolute atomic E-state index is 0.0106. The molecular formula is C10H5F4N3O3S. The summed E-state index contributed by atoms with van der Waals surface area (Å²) in [5.74, 6) is -8.86. The van der Waals surface area contributed by atoms with E-state index in [4.69, 9.17) is 5.11 Å². The number of aromatic amines is 1. The van der Waals surface area contributed by atoms with Gasteiger partial charge in [0.15, 0.2) is 28.4 Å². The first-order valence-corrected chi connectivity index (χ1v) is 6.17. The van der Waals surface area contributed by atoms with Crippen LogP contribution in [-0.2, 0) is 4.79 Å². The fraction of sp³-hybridized carbons (Fsp3) is 0.100. The summed E-state index contributed by atoms with van der Waals surface area (Å²) < 4.78 is 53.9. The Morgan fingerprint density at radius 3 is 2.38 bits per heavy atom. The first-order valence-electron chi connectivity index (χ1n) is 5.18. The molecule has 0 saturated heterocycles.